The molecule has 3 heteroatoms. The molecule has 0 heterocycles. The molecule has 1 saturated carbocycles. The fourth-order valence-electron chi connectivity index (χ4n) is 2.90. The van der Waals surface area contributed by atoms with Crippen molar-refractivity contribution in [3.63, 3.8) is 0 Å². The summed E-state index contributed by atoms with van der Waals surface area (Å²) < 4.78 is 11.6. The minimum absolute atomic E-state index is 0.320. The fourth-order valence-corrected chi connectivity index (χ4v) is 2.90. The molecule has 1 aliphatic carbocycles. The van der Waals surface area contributed by atoms with Gasteiger partial charge in [-0.25, -0.2) is 0 Å². The normalized spacial score (nSPS) is 23.1. The quantitative estimate of drug-likeness (QED) is 0.884. The van der Waals surface area contributed by atoms with E-state index in [2.05, 4.69) is 6.92 Å². The third-order valence-corrected chi connectivity index (χ3v) is 4.11. The molecule has 1 aliphatic rings. The molecule has 19 heavy (non-hydrogen) atoms. The lowest BCUT2D eigenvalue weighted by atomic mass is 9.85. The highest BCUT2D eigenvalue weighted by Crippen LogP contribution is 2.35. The van der Waals surface area contributed by atoms with Crippen molar-refractivity contribution in [2.24, 2.45) is 11.7 Å². The summed E-state index contributed by atoms with van der Waals surface area (Å²) in [6.45, 7) is 2.78. The molecule has 0 spiro atoms. The molecule has 2 N–H and O–H groups in total. The average Bonchev–Trinajstić information content (AvgIpc) is 2.47. The van der Waals surface area contributed by atoms with Crippen LogP contribution in [0.4, 0.5) is 0 Å². The lowest BCUT2D eigenvalue weighted by Crippen LogP contribution is -2.30. The van der Waals surface area contributed by atoms with Crippen molar-refractivity contribution in [3.8, 4) is 11.5 Å². The summed E-state index contributed by atoms with van der Waals surface area (Å²) in [5, 5.41) is 0. The number of nitrogens with two attached hydrogens (primary N) is 1. The van der Waals surface area contributed by atoms with Crippen molar-refractivity contribution in [3.05, 3.63) is 23.8 Å². The van der Waals surface area contributed by atoms with Gasteiger partial charge in [-0.1, -0.05) is 19.4 Å². The van der Waals surface area contributed by atoms with Crippen LogP contribution in [0.1, 0.15) is 44.6 Å². The molecular weight excluding hydrogens is 238 g/mol. The van der Waals surface area contributed by atoms with Crippen molar-refractivity contribution in [2.45, 2.75) is 51.7 Å². The van der Waals surface area contributed by atoms with Crippen molar-refractivity contribution in [2.75, 3.05) is 7.11 Å². The first kappa shape index (κ1) is 14.2. The lowest BCUT2D eigenvalue weighted by molar-refractivity contribution is 0.0872. The van der Waals surface area contributed by atoms with Crippen molar-refractivity contribution in [1.82, 2.24) is 0 Å². The molecule has 0 saturated heterocycles. The summed E-state index contributed by atoms with van der Waals surface area (Å²) in [5.74, 6) is 2.31. The Morgan fingerprint density at radius 1 is 1.21 bits per heavy atom. The van der Waals surface area contributed by atoms with E-state index < -0.39 is 0 Å². The zero-order valence-electron chi connectivity index (χ0n) is 12.0. The van der Waals surface area contributed by atoms with Gasteiger partial charge in [0.05, 0.1) is 7.11 Å². The molecule has 0 bridgehead atoms. The van der Waals surface area contributed by atoms with Crippen LogP contribution in [0, 0.1) is 5.92 Å². The Balaban J connectivity index is 2.16. The van der Waals surface area contributed by atoms with Crippen LogP contribution in [-0.2, 0) is 6.54 Å². The first-order valence-electron chi connectivity index (χ1n) is 7.32. The molecule has 1 aromatic rings. The van der Waals surface area contributed by atoms with E-state index in [-0.39, 0.29) is 0 Å². The Morgan fingerprint density at radius 3 is 2.68 bits per heavy atom. The minimum atomic E-state index is 0.320. The van der Waals surface area contributed by atoms with Gasteiger partial charge < -0.3 is 15.2 Å². The number of rotatable bonds is 5. The molecule has 1 aromatic carbocycles. The molecule has 0 amide bonds. The molecule has 3 nitrogen and oxygen atoms in total. The zero-order chi connectivity index (χ0) is 13.7. The van der Waals surface area contributed by atoms with Gasteiger partial charge in [0.15, 0.2) is 11.5 Å². The maximum atomic E-state index is 6.24. The van der Waals surface area contributed by atoms with E-state index in [1.807, 2.05) is 18.2 Å². The number of methoxy groups -OCH3 is 1. The van der Waals surface area contributed by atoms with E-state index in [1.165, 1.54) is 25.7 Å². The molecule has 2 atom stereocenters. The van der Waals surface area contributed by atoms with E-state index in [4.69, 9.17) is 15.2 Å². The summed E-state index contributed by atoms with van der Waals surface area (Å²) in [6.07, 6.45) is 6.52. The van der Waals surface area contributed by atoms with Crippen LogP contribution in [0.15, 0.2) is 18.2 Å². The second-order valence-electron chi connectivity index (χ2n) is 5.30. The first-order chi connectivity index (χ1) is 9.28. The lowest BCUT2D eigenvalue weighted by Gasteiger charge is -2.31. The number of benzene rings is 1. The van der Waals surface area contributed by atoms with Gasteiger partial charge in [0.25, 0.3) is 0 Å². The highest BCUT2D eigenvalue weighted by Gasteiger charge is 2.26. The SMILES string of the molecule is CCC1CCCCC1Oc1cc(CN)ccc1OC. The highest BCUT2D eigenvalue weighted by molar-refractivity contribution is 5.43. The summed E-state index contributed by atoms with van der Waals surface area (Å²) in [5.41, 5.74) is 6.78. The summed E-state index contributed by atoms with van der Waals surface area (Å²) >= 11 is 0. The predicted molar refractivity (Wildman–Crippen MR) is 77.6 cm³/mol. The van der Waals surface area contributed by atoms with Crippen LogP contribution < -0.4 is 15.2 Å². The molecule has 2 rings (SSSR count). The molecule has 0 aliphatic heterocycles. The van der Waals surface area contributed by atoms with Crippen molar-refractivity contribution >= 4 is 0 Å². The summed E-state index contributed by atoms with van der Waals surface area (Å²) in [6, 6.07) is 5.95. The molecule has 2 unspecified atom stereocenters. The topological polar surface area (TPSA) is 44.5 Å². The van der Waals surface area contributed by atoms with Gasteiger partial charge in [-0.2, -0.15) is 0 Å². The van der Waals surface area contributed by atoms with Crippen LogP contribution in [0.25, 0.3) is 0 Å². The maximum Gasteiger partial charge on any atom is 0.161 e. The van der Waals surface area contributed by atoms with Gasteiger partial charge in [0.1, 0.15) is 6.10 Å². The molecule has 0 radical (unpaired) electrons. The fraction of sp³-hybridized carbons (Fsp3) is 0.625. The molecule has 106 valence electrons. The van der Waals surface area contributed by atoms with Crippen LogP contribution >= 0.6 is 0 Å². The number of ether oxygens (including phenoxy) is 2. The summed E-state index contributed by atoms with van der Waals surface area (Å²) in [7, 11) is 1.68. The Labute approximate surface area is 116 Å². The van der Waals surface area contributed by atoms with Gasteiger partial charge in [0.2, 0.25) is 0 Å². The largest absolute Gasteiger partial charge is 0.493 e. The Bertz CT molecular complexity index is 406. The minimum Gasteiger partial charge on any atom is -0.493 e. The third-order valence-electron chi connectivity index (χ3n) is 4.11. The van der Waals surface area contributed by atoms with Gasteiger partial charge >= 0.3 is 0 Å². The van der Waals surface area contributed by atoms with Gasteiger partial charge in [-0.15, -0.1) is 0 Å². The van der Waals surface area contributed by atoms with E-state index in [9.17, 15) is 0 Å². The Hall–Kier alpha value is -1.22. The molecule has 1 fully saturated rings. The van der Waals surface area contributed by atoms with Crippen LogP contribution in [0.5, 0.6) is 11.5 Å². The second kappa shape index (κ2) is 6.80. The molecule has 0 aromatic heterocycles. The number of hydrogen-bond donors (Lipinski definition) is 1. The monoisotopic (exact) mass is 263 g/mol. The highest BCUT2D eigenvalue weighted by atomic mass is 16.5. The van der Waals surface area contributed by atoms with E-state index in [1.54, 1.807) is 7.11 Å². The molecular formula is C16H25NO2. The van der Waals surface area contributed by atoms with Crippen LogP contribution in [-0.4, -0.2) is 13.2 Å². The standard InChI is InChI=1S/C16H25NO2/c1-3-13-6-4-5-7-14(13)19-16-10-12(11-17)8-9-15(16)18-2/h8-10,13-14H,3-7,11,17H2,1-2H3. The van der Waals surface area contributed by atoms with Crippen LogP contribution in [0.3, 0.4) is 0 Å². The summed E-state index contributed by atoms with van der Waals surface area (Å²) in [4.78, 5) is 0. The average molecular weight is 263 g/mol. The van der Waals surface area contributed by atoms with Gasteiger partial charge in [-0.05, 0) is 49.3 Å². The first-order valence-corrected chi connectivity index (χ1v) is 7.32. The van der Waals surface area contributed by atoms with E-state index in [0.29, 0.717) is 18.6 Å². The van der Waals surface area contributed by atoms with Crippen LogP contribution in [0.2, 0.25) is 0 Å². The van der Waals surface area contributed by atoms with E-state index >= 15 is 0 Å². The van der Waals surface area contributed by atoms with Crippen molar-refractivity contribution in [1.29, 1.82) is 0 Å². The van der Waals surface area contributed by atoms with Gasteiger partial charge in [0, 0.05) is 6.54 Å². The Kier molecular flexibility index (Phi) is 5.08. The number of hydrogen-bond acceptors (Lipinski definition) is 3. The van der Waals surface area contributed by atoms with Crippen molar-refractivity contribution < 1.29 is 9.47 Å². The maximum absolute atomic E-state index is 6.24. The van der Waals surface area contributed by atoms with Gasteiger partial charge in [-0.3, -0.25) is 0 Å². The Morgan fingerprint density at radius 2 is 2.00 bits per heavy atom. The predicted octanol–water partition coefficient (Wildman–Crippen LogP) is 3.50. The third kappa shape index (κ3) is 3.41. The van der Waals surface area contributed by atoms with E-state index in [0.717, 1.165) is 23.5 Å². The zero-order valence-corrected chi connectivity index (χ0v) is 12.0. The second-order valence-corrected chi connectivity index (χ2v) is 5.30. The smallest absolute Gasteiger partial charge is 0.161 e.